The molecule has 0 bridgehead atoms. The predicted octanol–water partition coefficient (Wildman–Crippen LogP) is 5.36. The van der Waals surface area contributed by atoms with E-state index in [4.69, 9.17) is 32.9 Å². The van der Waals surface area contributed by atoms with Crippen LogP contribution in [0.15, 0.2) is 36.4 Å². The third-order valence-electron chi connectivity index (χ3n) is 5.09. The van der Waals surface area contributed by atoms with Gasteiger partial charge in [-0.25, -0.2) is 4.98 Å². The van der Waals surface area contributed by atoms with E-state index < -0.39 is 5.92 Å². The predicted molar refractivity (Wildman–Crippen MR) is 114 cm³/mol. The number of halogens is 2. The zero-order valence-corrected chi connectivity index (χ0v) is 17.2. The summed E-state index contributed by atoms with van der Waals surface area (Å²) in [6.45, 7) is 1.10. The molecule has 2 aromatic carbocycles. The molecule has 0 fully saturated rings. The molecule has 4 aromatic rings. The summed E-state index contributed by atoms with van der Waals surface area (Å²) in [6, 6.07) is 11.4. The van der Waals surface area contributed by atoms with Gasteiger partial charge in [0, 0.05) is 28.2 Å². The minimum absolute atomic E-state index is 0.272. The van der Waals surface area contributed by atoms with E-state index in [1.165, 1.54) is 18.4 Å². The molecule has 2 aromatic heterocycles. The fraction of sp³-hybridized carbons (Fsp3) is 0.200. The minimum atomic E-state index is -0.427. The molecule has 0 amide bonds. The lowest BCUT2D eigenvalue weighted by Crippen LogP contribution is -2.37. The molecule has 1 aliphatic rings. The van der Waals surface area contributed by atoms with Gasteiger partial charge in [0.1, 0.15) is 5.92 Å². The molecule has 142 valence electrons. The van der Waals surface area contributed by atoms with Crippen molar-refractivity contribution in [3.63, 3.8) is 0 Å². The highest BCUT2D eigenvalue weighted by molar-refractivity contribution is 7.22. The average molecular weight is 432 g/mol. The maximum Gasteiger partial charge on any atom is 0.315 e. The lowest BCUT2D eigenvalue weighted by Gasteiger charge is -2.31. The molecule has 1 atom stereocenters. The van der Waals surface area contributed by atoms with Gasteiger partial charge in [-0.15, -0.1) is 0 Å². The van der Waals surface area contributed by atoms with Crippen molar-refractivity contribution in [1.29, 1.82) is 0 Å². The first-order valence-corrected chi connectivity index (χ1v) is 10.3. The number of carbonyl (C=O) groups excluding carboxylic acids is 1. The molecule has 8 heteroatoms. The number of nitrogens with one attached hydrogen (secondary N) is 1. The number of hydrogen-bond acceptors (Lipinski definition) is 5. The first-order valence-electron chi connectivity index (χ1n) is 8.73. The van der Waals surface area contributed by atoms with Crippen molar-refractivity contribution in [1.82, 2.24) is 9.97 Å². The number of ether oxygens (including phenoxy) is 1. The number of aromatic nitrogens is 2. The van der Waals surface area contributed by atoms with E-state index in [1.54, 1.807) is 0 Å². The number of H-pyrrole nitrogens is 1. The number of methoxy groups -OCH3 is 1. The summed E-state index contributed by atoms with van der Waals surface area (Å²) in [7, 11) is 1.42. The summed E-state index contributed by atoms with van der Waals surface area (Å²) in [5, 5.41) is 3.12. The van der Waals surface area contributed by atoms with Crippen molar-refractivity contribution in [3.05, 3.63) is 57.7 Å². The zero-order chi connectivity index (χ0) is 19.4. The van der Waals surface area contributed by atoms with Crippen LogP contribution in [0.3, 0.4) is 0 Å². The molecule has 5 nitrogen and oxygen atoms in total. The van der Waals surface area contributed by atoms with Gasteiger partial charge in [0.2, 0.25) is 0 Å². The van der Waals surface area contributed by atoms with Gasteiger partial charge < -0.3 is 14.6 Å². The van der Waals surface area contributed by atoms with Gasteiger partial charge in [-0.05, 0) is 35.9 Å². The summed E-state index contributed by atoms with van der Waals surface area (Å²) in [4.78, 5) is 22.9. The zero-order valence-electron chi connectivity index (χ0n) is 14.8. The molecule has 0 saturated carbocycles. The Balaban J connectivity index is 1.64. The first-order chi connectivity index (χ1) is 13.5. The van der Waals surface area contributed by atoms with Gasteiger partial charge in [0.05, 0.1) is 28.9 Å². The lowest BCUT2D eigenvalue weighted by atomic mass is 9.92. The molecule has 1 N–H and O–H groups in total. The summed E-state index contributed by atoms with van der Waals surface area (Å²) in [6.07, 6.45) is 0. The minimum Gasteiger partial charge on any atom is -0.468 e. The number of hydrogen-bond donors (Lipinski definition) is 1. The number of nitrogens with zero attached hydrogens (tertiary/aromatic N) is 2. The quantitative estimate of drug-likeness (QED) is 0.433. The van der Waals surface area contributed by atoms with E-state index in [2.05, 4.69) is 9.88 Å². The van der Waals surface area contributed by atoms with Crippen molar-refractivity contribution < 1.29 is 9.53 Å². The SMILES string of the molecule is COC(=O)C1CN(c2nc3cccc(Cl)c3s2)Cc2[nH]c3ccc(Cl)cc3c21. The molecule has 0 aliphatic carbocycles. The highest BCUT2D eigenvalue weighted by Gasteiger charge is 2.35. The Morgan fingerprint density at radius 1 is 1.32 bits per heavy atom. The average Bonchev–Trinajstić information content (AvgIpc) is 3.28. The van der Waals surface area contributed by atoms with Gasteiger partial charge in [-0.1, -0.05) is 40.6 Å². The van der Waals surface area contributed by atoms with Gasteiger partial charge >= 0.3 is 5.97 Å². The Morgan fingerprint density at radius 3 is 2.96 bits per heavy atom. The van der Waals surface area contributed by atoms with Crippen molar-refractivity contribution >= 4 is 66.8 Å². The molecule has 0 radical (unpaired) electrons. The van der Waals surface area contributed by atoms with Crippen molar-refractivity contribution in [2.24, 2.45) is 0 Å². The van der Waals surface area contributed by atoms with Crippen LogP contribution in [0.4, 0.5) is 5.13 Å². The van der Waals surface area contributed by atoms with E-state index in [0.717, 1.165) is 37.5 Å². The number of carbonyl (C=O) groups is 1. The van der Waals surface area contributed by atoms with E-state index >= 15 is 0 Å². The van der Waals surface area contributed by atoms with Crippen LogP contribution in [0.25, 0.3) is 21.1 Å². The van der Waals surface area contributed by atoms with Crippen molar-refractivity contribution in [3.8, 4) is 0 Å². The van der Waals surface area contributed by atoms with Gasteiger partial charge in [-0.2, -0.15) is 0 Å². The number of thiazole rings is 1. The maximum absolute atomic E-state index is 12.6. The van der Waals surface area contributed by atoms with Gasteiger partial charge in [-0.3, -0.25) is 4.79 Å². The molecule has 5 rings (SSSR count). The van der Waals surface area contributed by atoms with Crippen LogP contribution in [0, 0.1) is 0 Å². The number of fused-ring (bicyclic) bond motifs is 4. The summed E-state index contributed by atoms with van der Waals surface area (Å²) < 4.78 is 6.05. The van der Waals surface area contributed by atoms with E-state index in [1.807, 2.05) is 36.4 Å². The molecule has 3 heterocycles. The van der Waals surface area contributed by atoms with Crippen LogP contribution in [0.2, 0.25) is 10.0 Å². The monoisotopic (exact) mass is 431 g/mol. The topological polar surface area (TPSA) is 58.2 Å². The van der Waals surface area contributed by atoms with E-state index in [-0.39, 0.29) is 5.97 Å². The smallest absolute Gasteiger partial charge is 0.315 e. The summed E-state index contributed by atoms with van der Waals surface area (Å²) >= 11 is 14.1. The Kier molecular flexibility index (Phi) is 4.23. The largest absolute Gasteiger partial charge is 0.468 e. The number of rotatable bonds is 2. The molecule has 0 spiro atoms. The second-order valence-corrected chi connectivity index (χ2v) is 8.57. The molecular weight excluding hydrogens is 417 g/mol. The Morgan fingerprint density at radius 2 is 2.18 bits per heavy atom. The molecular formula is C20H15Cl2N3O2S. The van der Waals surface area contributed by atoms with Crippen molar-refractivity contribution in [2.75, 3.05) is 18.6 Å². The second-order valence-electron chi connectivity index (χ2n) is 6.75. The van der Waals surface area contributed by atoms with Gasteiger partial charge in [0.15, 0.2) is 5.13 Å². The molecule has 28 heavy (non-hydrogen) atoms. The van der Waals surface area contributed by atoms with Crippen LogP contribution < -0.4 is 4.90 Å². The van der Waals surface area contributed by atoms with Gasteiger partial charge in [0.25, 0.3) is 0 Å². The van der Waals surface area contributed by atoms with Crippen LogP contribution in [-0.2, 0) is 16.1 Å². The lowest BCUT2D eigenvalue weighted by molar-refractivity contribution is -0.142. The Hall–Kier alpha value is -2.28. The van der Waals surface area contributed by atoms with Crippen molar-refractivity contribution in [2.45, 2.75) is 12.5 Å². The number of aromatic amines is 1. The standard InChI is InChI=1S/C20H15Cl2N3O2S/c1-27-19(26)12-8-25(20-24-15-4-2-3-13(22)18(15)28-20)9-16-17(12)11-7-10(21)5-6-14(11)23-16/h2-7,12,23H,8-9H2,1H3. The Labute approximate surface area is 174 Å². The van der Waals surface area contributed by atoms with Crippen LogP contribution in [0.5, 0.6) is 0 Å². The number of benzene rings is 2. The van der Waals surface area contributed by atoms with E-state index in [9.17, 15) is 4.79 Å². The molecule has 0 saturated heterocycles. The first kappa shape index (κ1) is 17.8. The number of esters is 1. The highest BCUT2D eigenvalue weighted by atomic mass is 35.5. The fourth-order valence-corrected chi connectivity index (χ4v) is 5.29. The highest BCUT2D eigenvalue weighted by Crippen LogP contribution is 2.41. The molecule has 1 aliphatic heterocycles. The second kappa shape index (κ2) is 6.65. The Bertz CT molecular complexity index is 1230. The van der Waals surface area contributed by atoms with Crippen LogP contribution in [-0.4, -0.2) is 29.6 Å². The normalized spacial score (nSPS) is 16.5. The molecule has 1 unspecified atom stereocenters. The maximum atomic E-state index is 12.6. The fourth-order valence-electron chi connectivity index (χ4n) is 3.85. The third-order valence-corrected chi connectivity index (χ3v) is 6.92. The van der Waals surface area contributed by atoms with Crippen LogP contribution >= 0.6 is 34.5 Å². The summed E-state index contributed by atoms with van der Waals surface area (Å²) in [5.74, 6) is -0.700. The third kappa shape index (κ3) is 2.75. The number of anilines is 1. The van der Waals surface area contributed by atoms with E-state index in [0.29, 0.717) is 23.1 Å². The van der Waals surface area contributed by atoms with Crippen LogP contribution in [0.1, 0.15) is 17.2 Å². The summed E-state index contributed by atoms with van der Waals surface area (Å²) in [5.41, 5.74) is 3.75.